The SMILES string of the molecule is COc1cc(C=O)c([N+](=O)[O-])cc1OCC=O. The number of benzene rings is 1. The summed E-state index contributed by atoms with van der Waals surface area (Å²) in [6.45, 7) is -0.256. The van der Waals surface area contributed by atoms with Crippen LogP contribution in [0.3, 0.4) is 0 Å². The highest BCUT2D eigenvalue weighted by molar-refractivity contribution is 5.83. The van der Waals surface area contributed by atoms with E-state index in [-0.39, 0.29) is 23.7 Å². The van der Waals surface area contributed by atoms with E-state index in [4.69, 9.17) is 9.47 Å². The predicted octanol–water partition coefficient (Wildman–Crippen LogP) is 0.994. The van der Waals surface area contributed by atoms with Crippen molar-refractivity contribution in [1.29, 1.82) is 0 Å². The van der Waals surface area contributed by atoms with E-state index in [0.29, 0.717) is 12.6 Å². The van der Waals surface area contributed by atoms with Crippen LogP contribution in [0, 0.1) is 10.1 Å². The van der Waals surface area contributed by atoms with E-state index >= 15 is 0 Å². The molecule has 0 fully saturated rings. The van der Waals surface area contributed by atoms with Gasteiger partial charge in [-0.05, 0) is 0 Å². The lowest BCUT2D eigenvalue weighted by Gasteiger charge is -2.09. The first-order valence-corrected chi connectivity index (χ1v) is 4.52. The quantitative estimate of drug-likeness (QED) is 0.417. The molecule has 0 unspecified atom stereocenters. The van der Waals surface area contributed by atoms with Gasteiger partial charge in [-0.2, -0.15) is 0 Å². The lowest BCUT2D eigenvalue weighted by atomic mass is 10.1. The number of carbonyl (C=O) groups is 2. The molecule has 0 aliphatic heterocycles. The summed E-state index contributed by atoms with van der Waals surface area (Å²) >= 11 is 0. The van der Waals surface area contributed by atoms with Crippen molar-refractivity contribution in [2.75, 3.05) is 13.7 Å². The first-order valence-electron chi connectivity index (χ1n) is 4.52. The molecule has 0 amide bonds. The van der Waals surface area contributed by atoms with Crippen LogP contribution < -0.4 is 9.47 Å². The molecule has 0 heterocycles. The Hall–Kier alpha value is -2.44. The van der Waals surface area contributed by atoms with E-state index in [9.17, 15) is 19.7 Å². The maximum absolute atomic E-state index is 10.7. The average molecular weight is 239 g/mol. The summed E-state index contributed by atoms with van der Waals surface area (Å²) in [6, 6.07) is 2.23. The third-order valence-corrected chi connectivity index (χ3v) is 1.94. The highest BCUT2D eigenvalue weighted by atomic mass is 16.6. The fourth-order valence-corrected chi connectivity index (χ4v) is 1.21. The Morgan fingerprint density at radius 3 is 2.53 bits per heavy atom. The molecule has 0 saturated carbocycles. The van der Waals surface area contributed by atoms with Crippen LogP contribution in [0.2, 0.25) is 0 Å². The summed E-state index contributed by atoms with van der Waals surface area (Å²) in [5.74, 6) is 0.191. The van der Waals surface area contributed by atoms with Gasteiger partial charge in [-0.15, -0.1) is 0 Å². The molecule has 0 N–H and O–H groups in total. The molecule has 17 heavy (non-hydrogen) atoms. The van der Waals surface area contributed by atoms with Crippen molar-refractivity contribution in [2.24, 2.45) is 0 Å². The van der Waals surface area contributed by atoms with Crippen LogP contribution in [-0.4, -0.2) is 31.2 Å². The summed E-state index contributed by atoms with van der Waals surface area (Å²) in [5, 5.41) is 10.7. The summed E-state index contributed by atoms with van der Waals surface area (Å²) in [7, 11) is 1.32. The zero-order chi connectivity index (χ0) is 12.8. The third-order valence-electron chi connectivity index (χ3n) is 1.94. The average Bonchev–Trinajstić information content (AvgIpc) is 2.34. The van der Waals surface area contributed by atoms with Crippen molar-refractivity contribution in [1.82, 2.24) is 0 Å². The second kappa shape index (κ2) is 5.59. The van der Waals surface area contributed by atoms with Crippen LogP contribution in [-0.2, 0) is 4.79 Å². The van der Waals surface area contributed by atoms with Crippen LogP contribution >= 0.6 is 0 Å². The molecular formula is C10H9NO6. The van der Waals surface area contributed by atoms with Gasteiger partial charge in [0.1, 0.15) is 6.61 Å². The van der Waals surface area contributed by atoms with Crippen molar-refractivity contribution in [3.05, 3.63) is 27.8 Å². The van der Waals surface area contributed by atoms with Gasteiger partial charge in [0.25, 0.3) is 5.69 Å². The van der Waals surface area contributed by atoms with Gasteiger partial charge in [0.15, 0.2) is 24.1 Å². The number of rotatable bonds is 6. The number of hydrogen-bond acceptors (Lipinski definition) is 6. The number of aldehydes is 2. The van der Waals surface area contributed by atoms with E-state index < -0.39 is 10.6 Å². The van der Waals surface area contributed by atoms with Crippen molar-refractivity contribution in [2.45, 2.75) is 0 Å². The van der Waals surface area contributed by atoms with Crippen LogP contribution in [0.4, 0.5) is 5.69 Å². The van der Waals surface area contributed by atoms with Crippen LogP contribution in [0.15, 0.2) is 12.1 Å². The van der Waals surface area contributed by atoms with E-state index in [1.165, 1.54) is 13.2 Å². The summed E-state index contributed by atoms with van der Waals surface area (Å²) < 4.78 is 9.85. The highest BCUT2D eigenvalue weighted by Crippen LogP contribution is 2.33. The fourth-order valence-electron chi connectivity index (χ4n) is 1.21. The number of nitro benzene ring substituents is 1. The van der Waals surface area contributed by atoms with Crippen LogP contribution in [0.1, 0.15) is 10.4 Å². The molecule has 0 spiro atoms. The van der Waals surface area contributed by atoms with Gasteiger partial charge in [0.05, 0.1) is 23.7 Å². The molecule has 1 rings (SSSR count). The topological polar surface area (TPSA) is 95.7 Å². The molecule has 90 valence electrons. The molecule has 0 aromatic heterocycles. The minimum Gasteiger partial charge on any atom is -0.493 e. The summed E-state index contributed by atoms with van der Waals surface area (Å²) in [4.78, 5) is 30.8. The zero-order valence-corrected chi connectivity index (χ0v) is 8.91. The first-order chi connectivity index (χ1) is 8.13. The Morgan fingerprint density at radius 1 is 1.35 bits per heavy atom. The summed E-state index contributed by atoms with van der Waals surface area (Å²) in [5.41, 5.74) is -0.521. The highest BCUT2D eigenvalue weighted by Gasteiger charge is 2.19. The third kappa shape index (κ3) is 2.77. The molecule has 0 aliphatic carbocycles. The minimum atomic E-state index is -0.711. The second-order valence-corrected chi connectivity index (χ2v) is 2.91. The molecule has 0 bridgehead atoms. The van der Waals surface area contributed by atoms with Gasteiger partial charge < -0.3 is 9.47 Å². The fraction of sp³-hybridized carbons (Fsp3) is 0.200. The standard InChI is InChI=1S/C10H9NO6/c1-16-9-4-7(6-13)8(11(14)15)5-10(9)17-3-2-12/h2,4-6H,3H2,1H3. The van der Waals surface area contributed by atoms with E-state index in [1.54, 1.807) is 0 Å². The Bertz CT molecular complexity index is 456. The normalized spacial score (nSPS) is 9.47. The molecule has 1 aromatic carbocycles. The van der Waals surface area contributed by atoms with Gasteiger partial charge in [0.2, 0.25) is 0 Å². The number of methoxy groups -OCH3 is 1. The Kier molecular flexibility index (Phi) is 4.15. The number of ether oxygens (including phenoxy) is 2. The van der Waals surface area contributed by atoms with Gasteiger partial charge >= 0.3 is 0 Å². The lowest BCUT2D eigenvalue weighted by Crippen LogP contribution is -2.02. The predicted molar refractivity (Wildman–Crippen MR) is 56.6 cm³/mol. The van der Waals surface area contributed by atoms with Gasteiger partial charge in [-0.3, -0.25) is 19.7 Å². The smallest absolute Gasteiger partial charge is 0.283 e. The molecule has 7 heteroatoms. The van der Waals surface area contributed by atoms with Crippen LogP contribution in [0.5, 0.6) is 11.5 Å². The number of carbonyl (C=O) groups excluding carboxylic acids is 2. The molecule has 0 radical (unpaired) electrons. The molecule has 0 aliphatic rings. The van der Waals surface area contributed by atoms with Crippen molar-refractivity contribution < 1.29 is 24.0 Å². The Morgan fingerprint density at radius 2 is 2.06 bits per heavy atom. The molecule has 1 aromatic rings. The largest absolute Gasteiger partial charge is 0.493 e. The van der Waals surface area contributed by atoms with E-state index in [0.717, 1.165) is 6.07 Å². The van der Waals surface area contributed by atoms with E-state index in [2.05, 4.69) is 0 Å². The lowest BCUT2D eigenvalue weighted by molar-refractivity contribution is -0.385. The number of hydrogen-bond donors (Lipinski definition) is 0. The van der Waals surface area contributed by atoms with Gasteiger partial charge in [-0.1, -0.05) is 0 Å². The monoisotopic (exact) mass is 239 g/mol. The maximum Gasteiger partial charge on any atom is 0.283 e. The van der Waals surface area contributed by atoms with Crippen molar-refractivity contribution in [3.8, 4) is 11.5 Å². The van der Waals surface area contributed by atoms with E-state index in [1.807, 2.05) is 0 Å². The molecular weight excluding hydrogens is 230 g/mol. The van der Waals surface area contributed by atoms with Gasteiger partial charge in [0, 0.05) is 6.07 Å². The second-order valence-electron chi connectivity index (χ2n) is 2.91. The van der Waals surface area contributed by atoms with Crippen molar-refractivity contribution >= 4 is 18.3 Å². The Balaban J connectivity index is 3.27. The van der Waals surface area contributed by atoms with Gasteiger partial charge in [-0.25, -0.2) is 0 Å². The minimum absolute atomic E-state index is 0.0388. The Labute approximate surface area is 96.1 Å². The van der Waals surface area contributed by atoms with Crippen molar-refractivity contribution in [3.63, 3.8) is 0 Å². The maximum atomic E-state index is 10.7. The first kappa shape index (κ1) is 12.6. The number of nitro groups is 1. The molecule has 0 atom stereocenters. The summed E-state index contributed by atoms with van der Waals surface area (Å²) in [6.07, 6.45) is 0.850. The molecule has 7 nitrogen and oxygen atoms in total. The molecule has 0 saturated heterocycles. The van der Waals surface area contributed by atoms with Crippen LogP contribution in [0.25, 0.3) is 0 Å². The number of nitrogens with zero attached hydrogens (tertiary/aromatic N) is 1. The zero-order valence-electron chi connectivity index (χ0n) is 8.91.